The van der Waals surface area contributed by atoms with Crippen LogP contribution in [0.15, 0.2) is 105 Å². The predicted octanol–water partition coefficient (Wildman–Crippen LogP) is 10.5. The van der Waals surface area contributed by atoms with E-state index in [1.54, 1.807) is 12.1 Å². The monoisotopic (exact) mass is 775 g/mol. The molecule has 244 valence electrons. The molecule has 5 aromatic rings. The van der Waals surface area contributed by atoms with Crippen LogP contribution in [-0.4, -0.2) is 31.2 Å². The van der Waals surface area contributed by atoms with Gasteiger partial charge in [-0.05, 0) is 83.9 Å². The topological polar surface area (TPSA) is 62.9 Å². The molecule has 0 bridgehead atoms. The number of halogens is 5. The Balaban J connectivity index is 1.32. The van der Waals surface area contributed by atoms with Crippen LogP contribution in [0.25, 0.3) is 23.0 Å². The van der Waals surface area contributed by atoms with E-state index in [-0.39, 0.29) is 28.9 Å². The number of carbonyl (C=O) groups excluding carboxylic acids is 1. The van der Waals surface area contributed by atoms with Crippen LogP contribution in [0.3, 0.4) is 0 Å². The number of allylic oxidation sites excluding steroid dienone is 1. The Labute approximate surface area is 292 Å². The molecule has 0 N–H and O–H groups in total. The first-order valence-corrected chi connectivity index (χ1v) is 17.3. The Kier molecular flexibility index (Phi) is 8.62. The van der Waals surface area contributed by atoms with Crippen LogP contribution in [0.1, 0.15) is 77.9 Å². The second kappa shape index (κ2) is 12.7. The highest BCUT2D eigenvalue weighted by molar-refractivity contribution is 9.10. The van der Waals surface area contributed by atoms with Crippen molar-refractivity contribution in [3.8, 4) is 11.3 Å². The summed E-state index contributed by atoms with van der Waals surface area (Å²) in [4.78, 5) is 18.9. The van der Waals surface area contributed by atoms with Crippen molar-refractivity contribution in [3.05, 3.63) is 128 Å². The third-order valence-corrected chi connectivity index (χ3v) is 10.00. The summed E-state index contributed by atoms with van der Waals surface area (Å²) in [7, 11) is 0. The van der Waals surface area contributed by atoms with E-state index < -0.39 is 23.8 Å². The summed E-state index contributed by atoms with van der Waals surface area (Å²) in [5.74, 6) is -0.406. The zero-order valence-electron chi connectivity index (χ0n) is 26.0. The number of aromatic nitrogens is 3. The molecule has 2 aliphatic rings. The van der Waals surface area contributed by atoms with E-state index in [2.05, 4.69) is 48.0 Å². The number of hydrogen-bond acceptors (Lipinski definition) is 4. The van der Waals surface area contributed by atoms with Gasteiger partial charge in [-0.15, -0.1) is 0 Å². The average molecular weight is 777 g/mol. The van der Waals surface area contributed by atoms with Crippen LogP contribution in [0.5, 0.6) is 0 Å². The van der Waals surface area contributed by atoms with Gasteiger partial charge in [0.05, 0.1) is 17.4 Å². The summed E-state index contributed by atoms with van der Waals surface area (Å²) in [5.41, 5.74) is 4.25. The molecule has 1 fully saturated rings. The summed E-state index contributed by atoms with van der Waals surface area (Å²) in [5, 5.41) is 10.5. The molecule has 1 saturated carbocycles. The van der Waals surface area contributed by atoms with Gasteiger partial charge in [-0.3, -0.25) is 4.79 Å². The zero-order valence-corrected chi connectivity index (χ0v) is 29.2. The Hall–Kier alpha value is -4.09. The van der Waals surface area contributed by atoms with Crippen molar-refractivity contribution in [2.24, 2.45) is 11.0 Å². The van der Waals surface area contributed by atoms with E-state index in [1.165, 1.54) is 11.1 Å². The molecular weight excluding hydrogens is 747 g/mol. The van der Waals surface area contributed by atoms with Crippen molar-refractivity contribution in [2.45, 2.75) is 51.2 Å². The first-order chi connectivity index (χ1) is 23.0. The van der Waals surface area contributed by atoms with Gasteiger partial charge in [0.15, 0.2) is 17.0 Å². The van der Waals surface area contributed by atoms with Gasteiger partial charge in [0.1, 0.15) is 0 Å². The van der Waals surface area contributed by atoms with Crippen molar-refractivity contribution < 1.29 is 18.0 Å². The molecule has 1 aliphatic carbocycles. The van der Waals surface area contributed by atoms with Crippen LogP contribution >= 0.6 is 31.9 Å². The standard InChI is InChI=1S/C37H30Br2F3N5O/c1-21(2)23-8-10-24(11-9-23)30-19-32(37(40,41)42)46-33(43-30)20-31(44-46)36(48)47-35(25-12-16-28(39)17-13-25)29-5-3-4-26(34(29)45-47)18-22-6-14-27(38)15-7-22/h6-21,29,35H,3-5H2,1-2H3/b26-18-/t29-,35+/m0/s1. The van der Waals surface area contributed by atoms with Gasteiger partial charge in [-0.2, -0.15) is 23.4 Å². The van der Waals surface area contributed by atoms with E-state index in [0.29, 0.717) is 10.1 Å². The second-order valence-corrected chi connectivity index (χ2v) is 14.3. The van der Waals surface area contributed by atoms with E-state index in [9.17, 15) is 18.0 Å². The average Bonchev–Trinajstić information content (AvgIpc) is 3.68. The molecule has 2 aromatic heterocycles. The predicted molar refractivity (Wildman–Crippen MR) is 187 cm³/mol. The highest BCUT2D eigenvalue weighted by Gasteiger charge is 2.45. The highest BCUT2D eigenvalue weighted by atomic mass is 79.9. The van der Waals surface area contributed by atoms with Crippen LogP contribution in [0.4, 0.5) is 13.2 Å². The van der Waals surface area contributed by atoms with Crippen molar-refractivity contribution in [1.29, 1.82) is 0 Å². The number of benzene rings is 3. The summed E-state index contributed by atoms with van der Waals surface area (Å²) >= 11 is 6.98. The zero-order chi connectivity index (χ0) is 33.7. The quantitative estimate of drug-likeness (QED) is 0.179. The second-order valence-electron chi connectivity index (χ2n) is 12.5. The van der Waals surface area contributed by atoms with Gasteiger partial charge in [0.2, 0.25) is 0 Å². The molecular formula is C37H30Br2F3N5O. The van der Waals surface area contributed by atoms with Crippen molar-refractivity contribution in [3.63, 3.8) is 0 Å². The van der Waals surface area contributed by atoms with E-state index >= 15 is 0 Å². The molecule has 1 amide bonds. The molecule has 0 spiro atoms. The lowest BCUT2D eigenvalue weighted by Crippen LogP contribution is -2.32. The fourth-order valence-electron chi connectivity index (χ4n) is 6.51. The number of hydrogen-bond donors (Lipinski definition) is 0. The molecule has 0 saturated heterocycles. The Morgan fingerprint density at radius 1 is 0.938 bits per heavy atom. The van der Waals surface area contributed by atoms with Gasteiger partial charge in [0, 0.05) is 26.5 Å². The van der Waals surface area contributed by atoms with Gasteiger partial charge < -0.3 is 0 Å². The maximum atomic E-state index is 14.4. The molecule has 0 unspecified atom stereocenters. The summed E-state index contributed by atoms with van der Waals surface area (Å²) < 4.78 is 45.9. The SMILES string of the molecule is CC(C)c1ccc(-c2cc(C(F)(F)F)n3nc(C(=O)N4N=C5/C(=C\c6ccc(Br)cc6)CCC[C@@H]5[C@H]4c4ccc(Br)cc4)cc3n2)cc1. The molecule has 7 rings (SSSR count). The van der Waals surface area contributed by atoms with Crippen LogP contribution < -0.4 is 0 Å². The Morgan fingerprint density at radius 2 is 1.60 bits per heavy atom. The summed E-state index contributed by atoms with van der Waals surface area (Å²) in [6.07, 6.45) is -0.117. The van der Waals surface area contributed by atoms with Crippen molar-refractivity contribution in [2.75, 3.05) is 0 Å². The number of carbonyl (C=O) groups is 1. The molecule has 6 nitrogen and oxygen atoms in total. The molecule has 3 heterocycles. The number of fused-ring (bicyclic) bond motifs is 2. The largest absolute Gasteiger partial charge is 0.433 e. The van der Waals surface area contributed by atoms with E-state index in [4.69, 9.17) is 5.10 Å². The minimum atomic E-state index is -4.74. The number of amides is 1. The minimum Gasteiger partial charge on any atom is -0.265 e. The third kappa shape index (κ3) is 6.25. The Bertz CT molecular complexity index is 2070. The fraction of sp³-hybridized carbons (Fsp3) is 0.243. The van der Waals surface area contributed by atoms with Crippen LogP contribution in [-0.2, 0) is 6.18 Å². The van der Waals surface area contributed by atoms with Crippen molar-refractivity contribution in [1.82, 2.24) is 19.6 Å². The van der Waals surface area contributed by atoms with E-state index in [0.717, 1.165) is 62.2 Å². The molecule has 3 aromatic carbocycles. The number of nitrogens with zero attached hydrogens (tertiary/aromatic N) is 5. The number of rotatable bonds is 5. The number of alkyl halides is 3. The minimum absolute atomic E-state index is 0.0728. The van der Waals surface area contributed by atoms with Gasteiger partial charge >= 0.3 is 6.18 Å². The lowest BCUT2D eigenvalue weighted by molar-refractivity contribution is -0.142. The first-order valence-electron chi connectivity index (χ1n) is 15.7. The molecule has 48 heavy (non-hydrogen) atoms. The third-order valence-electron chi connectivity index (χ3n) is 8.94. The summed E-state index contributed by atoms with van der Waals surface area (Å²) in [6, 6.07) is 24.9. The molecule has 1 aliphatic heterocycles. The van der Waals surface area contributed by atoms with Crippen molar-refractivity contribution >= 4 is 55.2 Å². The van der Waals surface area contributed by atoms with Gasteiger partial charge in [-0.25, -0.2) is 14.5 Å². The molecule has 0 radical (unpaired) electrons. The normalized spacial score (nSPS) is 18.9. The highest BCUT2D eigenvalue weighted by Crippen LogP contribution is 2.45. The maximum absolute atomic E-state index is 14.4. The first kappa shape index (κ1) is 32.5. The molecule has 2 atom stereocenters. The van der Waals surface area contributed by atoms with Gasteiger partial charge in [0.25, 0.3) is 5.91 Å². The van der Waals surface area contributed by atoms with Crippen LogP contribution in [0.2, 0.25) is 0 Å². The maximum Gasteiger partial charge on any atom is 0.433 e. The lowest BCUT2D eigenvalue weighted by Gasteiger charge is -2.29. The summed E-state index contributed by atoms with van der Waals surface area (Å²) in [6.45, 7) is 4.10. The molecule has 11 heteroatoms. The van der Waals surface area contributed by atoms with E-state index in [1.807, 2.05) is 74.5 Å². The van der Waals surface area contributed by atoms with Crippen LogP contribution in [0, 0.1) is 5.92 Å². The van der Waals surface area contributed by atoms with Gasteiger partial charge in [-0.1, -0.05) is 94.2 Å². The lowest BCUT2D eigenvalue weighted by atomic mass is 9.77. The number of hydrazone groups is 1. The fourth-order valence-corrected chi connectivity index (χ4v) is 7.03. The smallest absolute Gasteiger partial charge is 0.265 e. The Morgan fingerprint density at radius 3 is 2.25 bits per heavy atom.